The fourth-order valence-corrected chi connectivity index (χ4v) is 4.52. The van der Waals surface area contributed by atoms with Crippen LogP contribution in [0.3, 0.4) is 0 Å². The third-order valence-corrected chi connectivity index (χ3v) is 6.46. The van der Waals surface area contributed by atoms with Gasteiger partial charge in [-0.25, -0.2) is 13.4 Å². The van der Waals surface area contributed by atoms with Gasteiger partial charge in [0.2, 0.25) is 0 Å². The van der Waals surface area contributed by atoms with Crippen molar-refractivity contribution in [2.24, 2.45) is 0 Å². The van der Waals surface area contributed by atoms with Crippen LogP contribution in [0.15, 0.2) is 76.4 Å². The standard InChI is InChI=1S/C21H15ClN4O5S/c1-13-23-19-5-3-2-4-17(19)21(27)25(13)15-8-11-18(22)20(12-15)24-32(30,31)16-9-6-14(7-10-16)26(28)29/h2-12,24H,1H3. The first-order chi connectivity index (χ1) is 15.2. The number of nitro groups is 1. The van der Waals surface area contributed by atoms with E-state index in [4.69, 9.17) is 11.6 Å². The normalized spacial score (nSPS) is 11.4. The van der Waals surface area contributed by atoms with Crippen molar-refractivity contribution in [3.8, 4) is 5.69 Å². The van der Waals surface area contributed by atoms with Gasteiger partial charge in [-0.05, 0) is 49.4 Å². The van der Waals surface area contributed by atoms with Crippen LogP contribution in [0, 0.1) is 17.0 Å². The highest BCUT2D eigenvalue weighted by molar-refractivity contribution is 7.92. The van der Waals surface area contributed by atoms with Crippen molar-refractivity contribution in [2.75, 3.05) is 4.72 Å². The van der Waals surface area contributed by atoms with Gasteiger partial charge >= 0.3 is 0 Å². The molecule has 0 spiro atoms. The van der Waals surface area contributed by atoms with Gasteiger partial charge in [-0.3, -0.25) is 24.2 Å². The summed E-state index contributed by atoms with van der Waals surface area (Å²) in [6.45, 7) is 1.67. The quantitative estimate of drug-likeness (QED) is 0.346. The molecule has 1 heterocycles. The number of aryl methyl sites for hydroxylation is 1. The summed E-state index contributed by atoms with van der Waals surface area (Å²) in [6.07, 6.45) is 0. The highest BCUT2D eigenvalue weighted by Gasteiger charge is 2.19. The van der Waals surface area contributed by atoms with E-state index in [-0.39, 0.29) is 26.9 Å². The molecular weight excluding hydrogens is 456 g/mol. The lowest BCUT2D eigenvalue weighted by Gasteiger charge is -2.14. The van der Waals surface area contributed by atoms with E-state index >= 15 is 0 Å². The molecule has 3 aromatic carbocycles. The number of hydrogen-bond donors (Lipinski definition) is 1. The Hall–Kier alpha value is -3.76. The zero-order chi connectivity index (χ0) is 23.0. The molecular formula is C21H15ClN4O5S. The number of aromatic nitrogens is 2. The molecule has 162 valence electrons. The van der Waals surface area contributed by atoms with Crippen molar-refractivity contribution in [3.63, 3.8) is 0 Å². The van der Waals surface area contributed by atoms with Crippen LogP contribution >= 0.6 is 11.6 Å². The Bertz CT molecular complexity index is 1530. The predicted molar refractivity (Wildman–Crippen MR) is 121 cm³/mol. The number of hydrogen-bond acceptors (Lipinski definition) is 6. The summed E-state index contributed by atoms with van der Waals surface area (Å²) < 4.78 is 29.3. The molecule has 0 saturated heterocycles. The lowest BCUT2D eigenvalue weighted by atomic mass is 10.2. The maximum absolute atomic E-state index is 13.0. The number of sulfonamides is 1. The number of fused-ring (bicyclic) bond motifs is 1. The van der Waals surface area contributed by atoms with Gasteiger partial charge in [0.05, 0.1) is 37.1 Å². The number of halogens is 1. The summed E-state index contributed by atoms with van der Waals surface area (Å²) in [6, 6.07) is 15.8. The third kappa shape index (κ3) is 3.93. The summed E-state index contributed by atoms with van der Waals surface area (Å²) >= 11 is 6.20. The van der Waals surface area contributed by atoms with Gasteiger partial charge in [-0.1, -0.05) is 23.7 Å². The average Bonchev–Trinajstić information content (AvgIpc) is 2.76. The van der Waals surface area contributed by atoms with Gasteiger partial charge in [-0.2, -0.15) is 0 Å². The zero-order valence-corrected chi connectivity index (χ0v) is 18.1. The fraction of sp³-hybridized carbons (Fsp3) is 0.0476. The fourth-order valence-electron chi connectivity index (χ4n) is 3.23. The Balaban J connectivity index is 1.76. The summed E-state index contributed by atoms with van der Waals surface area (Å²) in [4.78, 5) is 27.5. The molecule has 0 unspecified atom stereocenters. The van der Waals surface area contributed by atoms with Crippen molar-refractivity contribution in [3.05, 3.63) is 98.0 Å². The SMILES string of the molecule is Cc1nc2ccccc2c(=O)n1-c1ccc(Cl)c(NS(=O)(=O)c2ccc([N+](=O)[O-])cc2)c1. The number of anilines is 1. The lowest BCUT2D eigenvalue weighted by Crippen LogP contribution is -2.22. The van der Waals surface area contributed by atoms with E-state index in [1.807, 2.05) is 0 Å². The molecule has 32 heavy (non-hydrogen) atoms. The number of para-hydroxylation sites is 1. The minimum absolute atomic E-state index is 0.0435. The highest BCUT2D eigenvalue weighted by Crippen LogP contribution is 2.28. The number of non-ortho nitro benzene ring substituents is 1. The molecule has 0 radical (unpaired) electrons. The maximum atomic E-state index is 13.0. The Labute approximate surface area is 187 Å². The van der Waals surface area contributed by atoms with Crippen LogP contribution in [0.25, 0.3) is 16.6 Å². The summed E-state index contributed by atoms with van der Waals surface area (Å²) in [5.74, 6) is 0.417. The number of nitro benzene ring substituents is 1. The Morgan fingerprint density at radius 1 is 1.06 bits per heavy atom. The van der Waals surface area contributed by atoms with E-state index in [9.17, 15) is 23.3 Å². The van der Waals surface area contributed by atoms with Crippen LogP contribution in [0.4, 0.5) is 11.4 Å². The average molecular weight is 471 g/mol. The second-order valence-electron chi connectivity index (χ2n) is 6.84. The Morgan fingerprint density at radius 2 is 1.75 bits per heavy atom. The highest BCUT2D eigenvalue weighted by atomic mass is 35.5. The first-order valence-corrected chi connectivity index (χ1v) is 11.1. The number of rotatable bonds is 5. The topological polar surface area (TPSA) is 124 Å². The van der Waals surface area contributed by atoms with Crippen LogP contribution < -0.4 is 10.3 Å². The molecule has 4 rings (SSSR count). The number of nitrogens with one attached hydrogen (secondary N) is 1. The Kier molecular flexibility index (Phi) is 5.41. The zero-order valence-electron chi connectivity index (χ0n) is 16.5. The first-order valence-electron chi connectivity index (χ1n) is 9.23. The minimum atomic E-state index is -4.09. The number of nitrogens with zero attached hydrogens (tertiary/aromatic N) is 3. The first kappa shape index (κ1) is 21.5. The molecule has 0 aliphatic heterocycles. The molecule has 0 saturated carbocycles. The molecule has 0 aliphatic carbocycles. The van der Waals surface area contributed by atoms with Crippen molar-refractivity contribution >= 4 is 43.9 Å². The number of benzene rings is 3. The summed E-state index contributed by atoms with van der Waals surface area (Å²) in [5.41, 5.74) is 0.431. The van der Waals surface area contributed by atoms with Crippen LogP contribution in [0.5, 0.6) is 0 Å². The predicted octanol–water partition coefficient (Wildman–Crippen LogP) is 4.06. The van der Waals surface area contributed by atoms with Crippen molar-refractivity contribution in [1.29, 1.82) is 0 Å². The van der Waals surface area contributed by atoms with Crippen molar-refractivity contribution < 1.29 is 13.3 Å². The van der Waals surface area contributed by atoms with Crippen LogP contribution in [-0.2, 0) is 10.0 Å². The minimum Gasteiger partial charge on any atom is -0.278 e. The van der Waals surface area contributed by atoms with Gasteiger partial charge in [-0.15, -0.1) is 0 Å². The molecule has 0 atom stereocenters. The molecule has 0 bridgehead atoms. The molecule has 0 aliphatic rings. The van der Waals surface area contributed by atoms with Crippen LogP contribution in [0.1, 0.15) is 5.82 Å². The van der Waals surface area contributed by atoms with E-state index in [1.165, 1.54) is 16.7 Å². The van der Waals surface area contributed by atoms with Gasteiger partial charge in [0, 0.05) is 12.1 Å². The third-order valence-electron chi connectivity index (χ3n) is 4.75. The Morgan fingerprint density at radius 3 is 2.44 bits per heavy atom. The lowest BCUT2D eigenvalue weighted by molar-refractivity contribution is -0.384. The molecule has 0 amide bonds. The van der Waals surface area contributed by atoms with E-state index < -0.39 is 14.9 Å². The molecule has 1 aromatic heterocycles. The molecule has 1 N–H and O–H groups in total. The molecule has 0 fully saturated rings. The summed E-state index contributed by atoms with van der Waals surface area (Å²) in [7, 11) is -4.09. The van der Waals surface area contributed by atoms with Crippen LogP contribution in [-0.4, -0.2) is 22.9 Å². The van der Waals surface area contributed by atoms with Crippen LogP contribution in [0.2, 0.25) is 5.02 Å². The van der Waals surface area contributed by atoms with Gasteiger partial charge < -0.3 is 0 Å². The van der Waals surface area contributed by atoms with E-state index in [0.29, 0.717) is 22.4 Å². The largest absolute Gasteiger partial charge is 0.278 e. The smallest absolute Gasteiger partial charge is 0.269 e. The monoisotopic (exact) mass is 470 g/mol. The molecule has 4 aromatic rings. The van der Waals surface area contributed by atoms with E-state index in [0.717, 1.165) is 24.3 Å². The summed E-state index contributed by atoms with van der Waals surface area (Å²) in [5, 5.41) is 11.3. The van der Waals surface area contributed by atoms with Crippen molar-refractivity contribution in [2.45, 2.75) is 11.8 Å². The molecule has 9 nitrogen and oxygen atoms in total. The van der Waals surface area contributed by atoms with Gasteiger partial charge in [0.25, 0.3) is 21.3 Å². The van der Waals surface area contributed by atoms with Crippen molar-refractivity contribution in [1.82, 2.24) is 9.55 Å². The second kappa shape index (κ2) is 8.06. The molecule has 11 heteroatoms. The van der Waals surface area contributed by atoms with E-state index in [2.05, 4.69) is 9.71 Å². The van der Waals surface area contributed by atoms with Gasteiger partial charge in [0.1, 0.15) is 5.82 Å². The maximum Gasteiger partial charge on any atom is 0.269 e. The van der Waals surface area contributed by atoms with E-state index in [1.54, 1.807) is 37.3 Å². The van der Waals surface area contributed by atoms with Gasteiger partial charge in [0.15, 0.2) is 0 Å². The second-order valence-corrected chi connectivity index (χ2v) is 8.93.